The van der Waals surface area contributed by atoms with Crippen LogP contribution in [0.3, 0.4) is 0 Å². The van der Waals surface area contributed by atoms with Crippen molar-refractivity contribution in [2.24, 2.45) is 0 Å². The smallest absolute Gasteiger partial charge is 0.336 e. The van der Waals surface area contributed by atoms with Gasteiger partial charge in [0.1, 0.15) is 0 Å². The van der Waals surface area contributed by atoms with E-state index in [0.29, 0.717) is 4.57 Å². The van der Waals surface area contributed by atoms with Crippen molar-refractivity contribution in [3.63, 3.8) is 0 Å². The van der Waals surface area contributed by atoms with Gasteiger partial charge in [-0.05, 0) is 0 Å². The topological polar surface area (TPSA) is 165 Å². The molecule has 1 unspecified atom stereocenters. The first-order valence-corrected chi connectivity index (χ1v) is 8.08. The van der Waals surface area contributed by atoms with E-state index in [1.807, 2.05) is 0 Å². The van der Waals surface area contributed by atoms with Crippen molar-refractivity contribution >= 4 is 0 Å². The molecule has 1 aromatic heterocycles. The lowest BCUT2D eigenvalue weighted by Crippen LogP contribution is -2.56. The molecular formula is C14H25N3O9. The Morgan fingerprint density at radius 1 is 0.731 bits per heavy atom. The highest BCUT2D eigenvalue weighted by molar-refractivity contribution is 4.80. The maximum atomic E-state index is 12.4. The molecule has 150 valence electrons. The van der Waals surface area contributed by atoms with Gasteiger partial charge in [-0.2, -0.15) is 0 Å². The molecule has 0 aliphatic heterocycles. The van der Waals surface area contributed by atoms with E-state index in [-0.39, 0.29) is 52.7 Å². The zero-order valence-corrected chi connectivity index (χ0v) is 14.3. The average molecular weight is 379 g/mol. The zero-order valence-electron chi connectivity index (χ0n) is 14.3. The van der Waals surface area contributed by atoms with Crippen LogP contribution in [0.1, 0.15) is 0 Å². The Bertz CT molecular complexity index is 659. The average Bonchev–Trinajstić information content (AvgIpc) is 2.63. The van der Waals surface area contributed by atoms with Crippen LogP contribution in [0.4, 0.5) is 0 Å². The minimum atomic E-state index is -1.35. The van der Waals surface area contributed by atoms with Crippen molar-refractivity contribution in [3.8, 4) is 0 Å². The molecule has 12 nitrogen and oxygen atoms in total. The molecule has 4 N–H and O–H groups in total. The monoisotopic (exact) mass is 379 g/mol. The number of aliphatic hydroxyl groups excluding tert-OH is 4. The van der Waals surface area contributed by atoms with Gasteiger partial charge in [0, 0.05) is 0 Å². The largest absolute Gasteiger partial charge is 0.394 e. The molecule has 1 aromatic rings. The van der Waals surface area contributed by atoms with Gasteiger partial charge >= 0.3 is 17.1 Å². The number of hydrogen-bond acceptors (Lipinski definition) is 9. The second-order valence-electron chi connectivity index (χ2n) is 5.27. The summed E-state index contributed by atoms with van der Waals surface area (Å²) in [6, 6.07) is 0. The number of hydrogen-bond donors (Lipinski definition) is 4. The Hall–Kier alpha value is -1.83. The summed E-state index contributed by atoms with van der Waals surface area (Å²) in [4.78, 5) is 37.2. The zero-order chi connectivity index (χ0) is 19.5. The summed E-state index contributed by atoms with van der Waals surface area (Å²) in [5, 5.41) is 35.8. The molecule has 0 aliphatic rings. The Kier molecular flexibility index (Phi) is 10.0. The van der Waals surface area contributed by atoms with Crippen LogP contribution in [-0.4, -0.2) is 86.5 Å². The van der Waals surface area contributed by atoms with Crippen LogP contribution in [0.15, 0.2) is 14.4 Å². The minimum Gasteiger partial charge on any atom is -0.394 e. The number of aliphatic hydroxyl groups is 4. The number of ether oxygens (including phenoxy) is 2. The highest BCUT2D eigenvalue weighted by Crippen LogP contribution is 1.86. The first-order valence-electron chi connectivity index (χ1n) is 8.08. The number of aromatic nitrogens is 3. The Morgan fingerprint density at radius 2 is 1.15 bits per heavy atom. The van der Waals surface area contributed by atoms with Crippen molar-refractivity contribution in [3.05, 3.63) is 31.5 Å². The molecule has 1 atom stereocenters. The summed E-state index contributed by atoms with van der Waals surface area (Å²) >= 11 is 0. The third-order valence-corrected chi connectivity index (χ3v) is 3.38. The fourth-order valence-electron chi connectivity index (χ4n) is 2.13. The maximum Gasteiger partial charge on any atom is 0.336 e. The van der Waals surface area contributed by atoms with E-state index in [1.54, 1.807) is 0 Å². The highest BCUT2D eigenvalue weighted by Gasteiger charge is 2.17. The van der Waals surface area contributed by atoms with Crippen LogP contribution < -0.4 is 17.1 Å². The van der Waals surface area contributed by atoms with E-state index in [0.717, 1.165) is 9.13 Å². The van der Waals surface area contributed by atoms with Crippen molar-refractivity contribution in [2.75, 3.05) is 46.2 Å². The fraction of sp³-hybridized carbons (Fsp3) is 0.786. The normalized spacial score (nSPS) is 12.5. The summed E-state index contributed by atoms with van der Waals surface area (Å²) in [6.45, 7) is -1.94. The van der Waals surface area contributed by atoms with E-state index < -0.39 is 36.3 Å². The minimum absolute atomic E-state index is 0.0286. The van der Waals surface area contributed by atoms with Gasteiger partial charge in [-0.3, -0.25) is 0 Å². The van der Waals surface area contributed by atoms with E-state index in [4.69, 9.17) is 24.8 Å². The van der Waals surface area contributed by atoms with Gasteiger partial charge in [0.2, 0.25) is 0 Å². The molecular weight excluding hydrogens is 354 g/mol. The third-order valence-electron chi connectivity index (χ3n) is 3.38. The highest BCUT2D eigenvalue weighted by atomic mass is 16.5. The summed E-state index contributed by atoms with van der Waals surface area (Å²) in [5.41, 5.74) is -2.74. The molecule has 1 rings (SSSR count). The Morgan fingerprint density at radius 3 is 1.54 bits per heavy atom. The van der Waals surface area contributed by atoms with Crippen molar-refractivity contribution in [2.45, 2.75) is 25.7 Å². The number of rotatable bonds is 13. The molecule has 0 aromatic carbocycles. The molecule has 0 radical (unpaired) electrons. The molecule has 0 bridgehead atoms. The summed E-state index contributed by atoms with van der Waals surface area (Å²) in [6.07, 6.45) is -1.35. The van der Waals surface area contributed by atoms with Gasteiger partial charge in [-0.25, -0.2) is 28.1 Å². The van der Waals surface area contributed by atoms with Crippen LogP contribution in [0, 0.1) is 0 Å². The standard InChI is InChI=1S/C14H25N3O9/c18-3-7-25-5-1-15-12(22)16(2-6-26-8-4-19)14(24)17(13(15)23)9-11(21)10-20/h11,18-21H,1-10H2. The molecule has 12 heteroatoms. The lowest BCUT2D eigenvalue weighted by molar-refractivity contribution is 0.0723. The molecule has 26 heavy (non-hydrogen) atoms. The van der Waals surface area contributed by atoms with Gasteiger partial charge in [0.25, 0.3) is 0 Å². The molecule has 0 saturated heterocycles. The van der Waals surface area contributed by atoms with Crippen molar-refractivity contribution in [1.82, 2.24) is 13.7 Å². The summed E-state index contributed by atoms with van der Waals surface area (Å²) < 4.78 is 12.3. The van der Waals surface area contributed by atoms with Gasteiger partial charge in [0.15, 0.2) is 0 Å². The molecule has 0 saturated carbocycles. The van der Waals surface area contributed by atoms with E-state index in [9.17, 15) is 19.5 Å². The molecule has 0 spiro atoms. The maximum absolute atomic E-state index is 12.4. The summed E-state index contributed by atoms with van der Waals surface area (Å²) in [5.74, 6) is 0. The second-order valence-corrected chi connectivity index (χ2v) is 5.27. The lowest BCUT2D eigenvalue weighted by atomic mass is 10.4. The molecule has 1 heterocycles. The summed E-state index contributed by atoms with van der Waals surface area (Å²) in [7, 11) is 0. The predicted molar refractivity (Wildman–Crippen MR) is 88.1 cm³/mol. The first-order chi connectivity index (χ1) is 12.5. The van der Waals surface area contributed by atoms with Crippen LogP contribution in [0.25, 0.3) is 0 Å². The van der Waals surface area contributed by atoms with Crippen LogP contribution in [0.2, 0.25) is 0 Å². The lowest BCUT2D eigenvalue weighted by Gasteiger charge is -2.15. The molecule has 0 amide bonds. The van der Waals surface area contributed by atoms with Gasteiger partial charge < -0.3 is 29.9 Å². The van der Waals surface area contributed by atoms with Crippen molar-refractivity contribution in [1.29, 1.82) is 0 Å². The van der Waals surface area contributed by atoms with Gasteiger partial charge in [-0.15, -0.1) is 0 Å². The van der Waals surface area contributed by atoms with Crippen LogP contribution in [0.5, 0.6) is 0 Å². The van der Waals surface area contributed by atoms with E-state index >= 15 is 0 Å². The SMILES string of the molecule is O=c1n(CCOCCO)c(=O)n(CC(O)CO)c(=O)n1CCOCCO. The quantitative estimate of drug-likeness (QED) is 0.247. The Labute approximate surface area is 148 Å². The van der Waals surface area contributed by atoms with Gasteiger partial charge in [0.05, 0.1) is 72.0 Å². The predicted octanol–water partition coefficient (Wildman–Crippen LogP) is -4.46. The number of nitrogens with zero attached hydrogens (tertiary/aromatic N) is 3. The van der Waals surface area contributed by atoms with Gasteiger partial charge in [-0.1, -0.05) is 0 Å². The van der Waals surface area contributed by atoms with E-state index in [1.165, 1.54) is 0 Å². The molecule has 0 aliphatic carbocycles. The van der Waals surface area contributed by atoms with Crippen LogP contribution in [-0.2, 0) is 29.1 Å². The first kappa shape index (κ1) is 22.2. The van der Waals surface area contributed by atoms with Crippen molar-refractivity contribution < 1.29 is 29.9 Å². The molecule has 0 fully saturated rings. The Balaban J connectivity index is 3.20. The third kappa shape index (κ3) is 6.16. The second kappa shape index (κ2) is 11.7. The van der Waals surface area contributed by atoms with Crippen LogP contribution >= 0.6 is 0 Å². The fourth-order valence-corrected chi connectivity index (χ4v) is 2.13. The van der Waals surface area contributed by atoms with E-state index in [2.05, 4.69) is 0 Å².